The Bertz CT molecular complexity index is 919. The second-order valence-electron chi connectivity index (χ2n) is 12.0. The Kier molecular flexibility index (Phi) is 7.78. The predicted molar refractivity (Wildman–Crippen MR) is 138 cm³/mol. The molecular formula is C28H42N2O5S. The summed E-state index contributed by atoms with van der Waals surface area (Å²) in [5.41, 5.74) is -0.329. The summed E-state index contributed by atoms with van der Waals surface area (Å²) >= 11 is 1.64. The van der Waals surface area contributed by atoms with Crippen molar-refractivity contribution in [3.05, 3.63) is 22.4 Å². The van der Waals surface area contributed by atoms with Gasteiger partial charge in [0.25, 0.3) is 0 Å². The van der Waals surface area contributed by atoms with Crippen molar-refractivity contribution in [3.63, 3.8) is 0 Å². The van der Waals surface area contributed by atoms with Gasteiger partial charge < -0.3 is 25.2 Å². The first-order valence-corrected chi connectivity index (χ1v) is 14.7. The molecule has 0 unspecified atom stereocenters. The fourth-order valence-corrected chi connectivity index (χ4v) is 8.42. The van der Waals surface area contributed by atoms with Crippen LogP contribution in [0.1, 0.15) is 76.5 Å². The lowest BCUT2D eigenvalue weighted by Gasteiger charge is -2.63. The molecule has 7 atom stereocenters. The second kappa shape index (κ2) is 10.7. The Morgan fingerprint density at radius 2 is 1.92 bits per heavy atom. The Balaban J connectivity index is 1.20. The van der Waals surface area contributed by atoms with Crippen LogP contribution in [-0.4, -0.2) is 48.6 Å². The number of ether oxygens (including phenoxy) is 2. The summed E-state index contributed by atoms with van der Waals surface area (Å²) in [4.78, 5) is 26.5. The van der Waals surface area contributed by atoms with Crippen LogP contribution in [-0.2, 0) is 25.6 Å². The van der Waals surface area contributed by atoms with E-state index in [4.69, 9.17) is 9.47 Å². The predicted octanol–water partition coefficient (Wildman–Crippen LogP) is 4.00. The number of nitrogens with one attached hydrogen (secondary N) is 2. The van der Waals surface area contributed by atoms with Gasteiger partial charge in [-0.2, -0.15) is 0 Å². The normalized spacial score (nSPS) is 38.7. The molecule has 36 heavy (non-hydrogen) atoms. The fraction of sp³-hybridized carbons (Fsp3) is 0.786. The molecule has 1 saturated heterocycles. The molecule has 0 bridgehead atoms. The Morgan fingerprint density at radius 3 is 2.67 bits per heavy atom. The molecule has 4 fully saturated rings. The number of aliphatic hydroxyl groups is 1. The highest BCUT2D eigenvalue weighted by atomic mass is 32.1. The number of amides is 2. The molecule has 3 saturated carbocycles. The number of fused-ring (bicyclic) bond motifs is 3. The fourth-order valence-electron chi connectivity index (χ4n) is 7.78. The highest BCUT2D eigenvalue weighted by molar-refractivity contribution is 7.09. The smallest absolute Gasteiger partial charge is 0.223 e. The third kappa shape index (κ3) is 5.11. The monoisotopic (exact) mass is 518 g/mol. The molecule has 0 spiro atoms. The van der Waals surface area contributed by atoms with Gasteiger partial charge in [0.05, 0.1) is 31.9 Å². The first kappa shape index (κ1) is 26.1. The van der Waals surface area contributed by atoms with E-state index in [1.165, 1.54) is 0 Å². The van der Waals surface area contributed by atoms with Crippen LogP contribution in [0.25, 0.3) is 0 Å². The minimum absolute atomic E-state index is 0.0100. The van der Waals surface area contributed by atoms with Gasteiger partial charge in [-0.05, 0) is 67.2 Å². The largest absolute Gasteiger partial charge is 0.393 e. The van der Waals surface area contributed by atoms with E-state index in [-0.39, 0.29) is 40.6 Å². The molecular weight excluding hydrogens is 476 g/mol. The van der Waals surface area contributed by atoms with Crippen molar-refractivity contribution >= 4 is 23.2 Å². The quantitative estimate of drug-likeness (QED) is 0.507. The van der Waals surface area contributed by atoms with Gasteiger partial charge in [-0.15, -0.1) is 11.3 Å². The first-order valence-electron chi connectivity index (χ1n) is 13.8. The molecule has 200 valence electrons. The van der Waals surface area contributed by atoms with E-state index in [1.807, 2.05) is 17.5 Å². The van der Waals surface area contributed by atoms with Crippen LogP contribution in [0.15, 0.2) is 17.5 Å². The van der Waals surface area contributed by atoms with Crippen molar-refractivity contribution in [2.24, 2.45) is 28.6 Å². The molecule has 3 N–H and O–H groups in total. The molecule has 1 aromatic heterocycles. The van der Waals surface area contributed by atoms with Crippen molar-refractivity contribution in [1.29, 1.82) is 0 Å². The van der Waals surface area contributed by atoms with Gasteiger partial charge >= 0.3 is 0 Å². The number of thiophene rings is 1. The topological polar surface area (TPSA) is 96.9 Å². The third-order valence-electron chi connectivity index (χ3n) is 9.85. The SMILES string of the molecule is C[C@@]12CO[C@@H](CNC(=O)C3CCCC3)O[C@@H]1CC[C@]1(C)[C@@H]2CC[C@@H](O)[C@H]1CC(=O)NCc1cccs1. The van der Waals surface area contributed by atoms with Crippen LogP contribution in [0, 0.1) is 28.6 Å². The lowest BCUT2D eigenvalue weighted by Crippen LogP contribution is -2.63. The first-order chi connectivity index (χ1) is 17.3. The van der Waals surface area contributed by atoms with E-state index >= 15 is 0 Å². The van der Waals surface area contributed by atoms with E-state index in [2.05, 4.69) is 24.5 Å². The van der Waals surface area contributed by atoms with Crippen LogP contribution in [0.3, 0.4) is 0 Å². The Labute approximate surface area is 218 Å². The van der Waals surface area contributed by atoms with Gasteiger partial charge in [0.15, 0.2) is 6.29 Å². The molecule has 8 heteroatoms. The van der Waals surface area contributed by atoms with Crippen LogP contribution in [0.5, 0.6) is 0 Å². The van der Waals surface area contributed by atoms with Crippen molar-refractivity contribution in [1.82, 2.24) is 10.6 Å². The molecule has 1 aliphatic heterocycles. The highest BCUT2D eigenvalue weighted by Crippen LogP contribution is 2.62. The number of hydrogen-bond acceptors (Lipinski definition) is 6. The van der Waals surface area contributed by atoms with Gasteiger partial charge in [0.1, 0.15) is 0 Å². The van der Waals surface area contributed by atoms with Gasteiger partial charge in [0.2, 0.25) is 11.8 Å². The summed E-state index contributed by atoms with van der Waals surface area (Å²) in [6, 6.07) is 4.01. The van der Waals surface area contributed by atoms with Crippen molar-refractivity contribution in [2.45, 2.75) is 96.7 Å². The number of hydrogen-bond donors (Lipinski definition) is 3. The summed E-state index contributed by atoms with van der Waals surface area (Å²) in [7, 11) is 0. The van der Waals surface area contributed by atoms with Crippen LogP contribution < -0.4 is 10.6 Å². The minimum Gasteiger partial charge on any atom is -0.393 e. The van der Waals surface area contributed by atoms with E-state index in [0.29, 0.717) is 38.5 Å². The van der Waals surface area contributed by atoms with E-state index in [9.17, 15) is 14.7 Å². The molecule has 2 amide bonds. The molecule has 0 radical (unpaired) electrons. The van der Waals surface area contributed by atoms with Crippen LogP contribution >= 0.6 is 11.3 Å². The minimum atomic E-state index is -0.470. The maximum absolute atomic E-state index is 12.9. The molecule has 0 aromatic carbocycles. The zero-order valence-corrected chi connectivity index (χ0v) is 22.5. The number of aliphatic hydroxyl groups excluding tert-OH is 1. The summed E-state index contributed by atoms with van der Waals surface area (Å²) in [5, 5.41) is 19.2. The zero-order chi connectivity index (χ0) is 25.3. The van der Waals surface area contributed by atoms with E-state index < -0.39 is 12.4 Å². The maximum atomic E-state index is 12.9. The highest BCUT2D eigenvalue weighted by Gasteiger charge is 2.61. The van der Waals surface area contributed by atoms with Gasteiger partial charge in [0, 0.05) is 22.6 Å². The lowest BCUT2D eigenvalue weighted by molar-refractivity contribution is -0.306. The number of rotatable bonds is 7. The second-order valence-corrected chi connectivity index (χ2v) is 13.0. The third-order valence-corrected chi connectivity index (χ3v) is 10.7. The van der Waals surface area contributed by atoms with Crippen molar-refractivity contribution in [2.75, 3.05) is 13.2 Å². The van der Waals surface area contributed by atoms with Crippen molar-refractivity contribution < 1.29 is 24.2 Å². The van der Waals surface area contributed by atoms with Crippen molar-refractivity contribution in [3.8, 4) is 0 Å². The standard InChI is InChI=1S/C28H42N2O5S/c1-27-12-11-23-28(2,17-34-25(35-23)16-30-26(33)18-6-3-4-7-18)22(27)10-9-21(31)20(27)14-24(32)29-15-19-8-5-13-36-19/h5,8,13,18,20-23,25,31H,3-4,6-7,9-12,14-17H2,1-2H3,(H,29,32)(H,30,33)/t20-,21-,22+,23-,25-,27+,28+/m1/s1. The van der Waals surface area contributed by atoms with Crippen LogP contribution in [0.2, 0.25) is 0 Å². The molecule has 1 aromatic rings. The van der Waals surface area contributed by atoms with Gasteiger partial charge in [-0.25, -0.2) is 0 Å². The van der Waals surface area contributed by atoms with Gasteiger partial charge in [-0.1, -0.05) is 32.8 Å². The number of carbonyl (C=O) groups excluding carboxylic acids is 2. The number of carbonyl (C=O) groups is 2. The molecule has 4 aliphatic rings. The molecule has 7 nitrogen and oxygen atoms in total. The van der Waals surface area contributed by atoms with E-state index in [1.54, 1.807) is 11.3 Å². The average molecular weight is 519 g/mol. The lowest BCUT2D eigenvalue weighted by atomic mass is 9.46. The zero-order valence-electron chi connectivity index (χ0n) is 21.7. The van der Waals surface area contributed by atoms with Gasteiger partial charge in [-0.3, -0.25) is 9.59 Å². The van der Waals surface area contributed by atoms with Crippen LogP contribution in [0.4, 0.5) is 0 Å². The molecule has 2 heterocycles. The van der Waals surface area contributed by atoms with E-state index in [0.717, 1.165) is 49.8 Å². The Hall–Kier alpha value is -1.48. The maximum Gasteiger partial charge on any atom is 0.223 e. The summed E-state index contributed by atoms with van der Waals surface area (Å²) in [6.07, 6.45) is 7.17. The Morgan fingerprint density at radius 1 is 1.11 bits per heavy atom. The summed E-state index contributed by atoms with van der Waals surface area (Å²) in [6.45, 7) is 6.05. The molecule has 5 rings (SSSR count). The molecule has 3 aliphatic carbocycles. The summed E-state index contributed by atoms with van der Waals surface area (Å²) in [5.74, 6) is 0.501. The average Bonchev–Trinajstić information content (AvgIpc) is 3.58. The summed E-state index contributed by atoms with van der Waals surface area (Å²) < 4.78 is 12.6.